The molecule has 0 bridgehead atoms. The van der Waals surface area contributed by atoms with E-state index in [1.807, 2.05) is 0 Å². The smallest absolute Gasteiger partial charge is 0.259 e. The van der Waals surface area contributed by atoms with Crippen molar-refractivity contribution in [3.63, 3.8) is 0 Å². The zero-order chi connectivity index (χ0) is 23.6. The van der Waals surface area contributed by atoms with Crippen LogP contribution >= 0.6 is 0 Å². The summed E-state index contributed by atoms with van der Waals surface area (Å²) in [4.78, 5) is 12.9. The average Bonchev–Trinajstić information content (AvgIpc) is 3.09. The van der Waals surface area contributed by atoms with Crippen LogP contribution in [0.2, 0.25) is 0 Å². The number of hydrogen-bond acceptors (Lipinski definition) is 4. The van der Waals surface area contributed by atoms with Crippen LogP contribution in [0.25, 0.3) is 11.3 Å². The zero-order valence-electron chi connectivity index (χ0n) is 18.2. The van der Waals surface area contributed by atoms with E-state index in [0.29, 0.717) is 11.3 Å². The number of amides is 1. The van der Waals surface area contributed by atoms with Crippen molar-refractivity contribution in [2.75, 3.05) is 11.9 Å². The van der Waals surface area contributed by atoms with Crippen molar-refractivity contribution < 1.29 is 27.8 Å². The zero-order valence-corrected chi connectivity index (χ0v) is 18.2. The number of benzene rings is 2. The van der Waals surface area contributed by atoms with Crippen molar-refractivity contribution >= 4 is 11.6 Å². The number of aliphatic hydroxyl groups excluding tert-OH is 1. The van der Waals surface area contributed by atoms with Crippen LogP contribution in [0.4, 0.5) is 18.9 Å². The van der Waals surface area contributed by atoms with E-state index in [4.69, 9.17) is 4.74 Å². The van der Waals surface area contributed by atoms with Gasteiger partial charge in [-0.2, -0.15) is 5.10 Å². The van der Waals surface area contributed by atoms with Crippen molar-refractivity contribution in [2.24, 2.45) is 7.05 Å². The minimum Gasteiger partial charge on any atom is -0.489 e. The van der Waals surface area contributed by atoms with E-state index in [9.17, 15) is 23.1 Å². The second kappa shape index (κ2) is 9.04. The highest BCUT2D eigenvalue weighted by atomic mass is 19.1. The highest BCUT2D eigenvalue weighted by molar-refractivity contribution is 6.07. The van der Waals surface area contributed by atoms with Crippen molar-refractivity contribution in [3.05, 3.63) is 64.9 Å². The predicted octanol–water partition coefficient (Wildman–Crippen LogP) is 4.55. The highest BCUT2D eigenvalue weighted by Gasteiger charge is 2.24. The topological polar surface area (TPSA) is 76.4 Å². The number of aryl methyl sites for hydroxylation is 2. The molecule has 3 aromatic rings. The molecule has 1 aromatic heterocycles. The Morgan fingerprint density at radius 1 is 1.22 bits per heavy atom. The summed E-state index contributed by atoms with van der Waals surface area (Å²) in [7, 11) is 1.59. The number of nitrogens with one attached hydrogen (secondary N) is 1. The van der Waals surface area contributed by atoms with Gasteiger partial charge in [-0.15, -0.1) is 0 Å². The van der Waals surface area contributed by atoms with Crippen LogP contribution in [0.1, 0.15) is 35.5 Å². The molecule has 170 valence electrons. The molecular formula is C23H24F3N3O3. The number of carbonyl (C=O) groups excluding carboxylic acids is 1. The Labute approximate surface area is 183 Å². The number of rotatable bonds is 7. The summed E-state index contributed by atoms with van der Waals surface area (Å²) in [5.41, 5.74) is -0.857. The Morgan fingerprint density at radius 3 is 2.53 bits per heavy atom. The molecule has 1 amide bonds. The van der Waals surface area contributed by atoms with E-state index in [2.05, 4.69) is 10.4 Å². The van der Waals surface area contributed by atoms with Crippen molar-refractivity contribution in [1.82, 2.24) is 9.78 Å². The lowest BCUT2D eigenvalue weighted by Crippen LogP contribution is -2.24. The number of aliphatic hydroxyl groups is 1. The molecule has 0 unspecified atom stereocenters. The Bertz CT molecular complexity index is 1130. The first-order chi connectivity index (χ1) is 15.0. The number of halogens is 3. The SMILES string of the molecule is Cc1cccc(F)c1NC(=O)c1cc(F)c(-c2cc(CO)n(C)n2)cc1OCC(C)(C)F. The molecule has 0 saturated heterocycles. The molecule has 0 radical (unpaired) electrons. The summed E-state index contributed by atoms with van der Waals surface area (Å²) >= 11 is 0. The molecule has 0 aliphatic heterocycles. The lowest BCUT2D eigenvalue weighted by atomic mass is 10.0. The third-order valence-electron chi connectivity index (χ3n) is 4.76. The highest BCUT2D eigenvalue weighted by Crippen LogP contribution is 2.32. The Hall–Kier alpha value is -3.33. The van der Waals surface area contributed by atoms with Gasteiger partial charge in [-0.3, -0.25) is 9.48 Å². The molecule has 0 aliphatic rings. The van der Waals surface area contributed by atoms with Gasteiger partial charge in [0.1, 0.15) is 29.7 Å². The number of aromatic nitrogens is 2. The molecule has 0 spiro atoms. The Morgan fingerprint density at radius 2 is 1.94 bits per heavy atom. The molecule has 0 saturated carbocycles. The first-order valence-corrected chi connectivity index (χ1v) is 9.86. The number of nitrogens with zero attached hydrogens (tertiary/aromatic N) is 2. The minimum absolute atomic E-state index is 0.00517. The van der Waals surface area contributed by atoms with E-state index in [0.717, 1.165) is 6.07 Å². The van der Waals surface area contributed by atoms with Gasteiger partial charge in [-0.05, 0) is 50.6 Å². The summed E-state index contributed by atoms with van der Waals surface area (Å²) in [6.07, 6.45) is 0. The molecule has 0 aliphatic carbocycles. The van der Waals surface area contributed by atoms with Gasteiger partial charge in [0.05, 0.1) is 29.2 Å². The van der Waals surface area contributed by atoms with Gasteiger partial charge in [0, 0.05) is 12.6 Å². The average molecular weight is 447 g/mol. The number of anilines is 1. The van der Waals surface area contributed by atoms with E-state index in [1.54, 1.807) is 20.0 Å². The fourth-order valence-electron chi connectivity index (χ4n) is 3.05. The van der Waals surface area contributed by atoms with Crippen LogP contribution in [-0.4, -0.2) is 33.1 Å². The lowest BCUT2D eigenvalue weighted by Gasteiger charge is -2.18. The van der Waals surface area contributed by atoms with Gasteiger partial charge in [0.2, 0.25) is 0 Å². The molecule has 2 aromatic carbocycles. The van der Waals surface area contributed by atoms with E-state index in [1.165, 1.54) is 42.8 Å². The van der Waals surface area contributed by atoms with Gasteiger partial charge in [0.15, 0.2) is 0 Å². The quantitative estimate of drug-likeness (QED) is 0.557. The molecule has 6 nitrogen and oxygen atoms in total. The molecule has 1 heterocycles. The fraction of sp³-hybridized carbons (Fsp3) is 0.304. The molecule has 32 heavy (non-hydrogen) atoms. The lowest BCUT2D eigenvalue weighted by molar-refractivity contribution is 0.0998. The second-order valence-electron chi connectivity index (χ2n) is 8.02. The molecular weight excluding hydrogens is 423 g/mol. The van der Waals surface area contributed by atoms with Gasteiger partial charge in [0.25, 0.3) is 5.91 Å². The van der Waals surface area contributed by atoms with Crippen molar-refractivity contribution in [1.29, 1.82) is 0 Å². The van der Waals surface area contributed by atoms with E-state index < -0.39 is 29.8 Å². The van der Waals surface area contributed by atoms with Crippen LogP contribution in [0, 0.1) is 18.6 Å². The van der Waals surface area contributed by atoms with Crippen LogP contribution in [0.5, 0.6) is 5.75 Å². The van der Waals surface area contributed by atoms with Crippen LogP contribution in [-0.2, 0) is 13.7 Å². The van der Waals surface area contributed by atoms with Crippen molar-refractivity contribution in [3.8, 4) is 17.0 Å². The van der Waals surface area contributed by atoms with Crippen LogP contribution in [0.3, 0.4) is 0 Å². The number of ether oxygens (including phenoxy) is 1. The maximum absolute atomic E-state index is 15.0. The minimum atomic E-state index is -1.72. The number of para-hydroxylation sites is 1. The molecule has 2 N–H and O–H groups in total. The third kappa shape index (κ3) is 5.11. The summed E-state index contributed by atoms with van der Waals surface area (Å²) in [6.45, 7) is 3.51. The summed E-state index contributed by atoms with van der Waals surface area (Å²) in [6, 6.07) is 7.98. The monoisotopic (exact) mass is 447 g/mol. The summed E-state index contributed by atoms with van der Waals surface area (Å²) < 4.78 is 50.2. The van der Waals surface area contributed by atoms with E-state index in [-0.39, 0.29) is 34.9 Å². The van der Waals surface area contributed by atoms with Gasteiger partial charge in [-0.1, -0.05) is 12.1 Å². The Kier molecular flexibility index (Phi) is 6.59. The first-order valence-electron chi connectivity index (χ1n) is 9.86. The third-order valence-corrected chi connectivity index (χ3v) is 4.76. The molecule has 3 rings (SSSR count). The number of alkyl halides is 1. The van der Waals surface area contributed by atoms with E-state index >= 15 is 0 Å². The summed E-state index contributed by atoms with van der Waals surface area (Å²) in [5.74, 6) is -2.33. The maximum atomic E-state index is 15.0. The molecule has 0 fully saturated rings. The van der Waals surface area contributed by atoms with Crippen LogP contribution < -0.4 is 10.1 Å². The molecule has 0 atom stereocenters. The van der Waals surface area contributed by atoms with Gasteiger partial charge < -0.3 is 15.2 Å². The second-order valence-corrected chi connectivity index (χ2v) is 8.02. The first kappa shape index (κ1) is 23.3. The number of carbonyl (C=O) groups is 1. The fourth-order valence-corrected chi connectivity index (χ4v) is 3.05. The van der Waals surface area contributed by atoms with Crippen molar-refractivity contribution in [2.45, 2.75) is 33.0 Å². The van der Waals surface area contributed by atoms with Gasteiger partial charge >= 0.3 is 0 Å². The Balaban J connectivity index is 2.05. The predicted molar refractivity (Wildman–Crippen MR) is 114 cm³/mol. The van der Waals surface area contributed by atoms with Gasteiger partial charge in [-0.25, -0.2) is 13.2 Å². The standard InChI is InChI=1S/C23H24F3N3O3/c1-13-6-5-7-17(24)21(13)27-22(31)16-9-18(25)15(10-20(16)32-12-23(2,3)26)19-8-14(11-30)29(4)28-19/h5-10,30H,11-12H2,1-4H3,(H,27,31). The van der Waals surface area contributed by atoms with Crippen LogP contribution in [0.15, 0.2) is 36.4 Å². The summed E-state index contributed by atoms with van der Waals surface area (Å²) in [5, 5.41) is 16.0. The normalized spacial score (nSPS) is 11.5. The largest absolute Gasteiger partial charge is 0.489 e. The number of hydrogen-bond donors (Lipinski definition) is 2. The molecule has 9 heteroatoms. The maximum Gasteiger partial charge on any atom is 0.259 e.